The maximum absolute atomic E-state index is 12.4. The third-order valence-electron chi connectivity index (χ3n) is 6.02. The van der Waals surface area contributed by atoms with Gasteiger partial charge < -0.3 is 14.2 Å². The number of piperazine rings is 1. The SMILES string of the molecule is Cc1cc(-c2ccc(CN3C[C@@H]4C[C@H]3CN4C(=O)OC(C)(C)C)cc2)cn(C)c1=O. The zero-order chi connectivity index (χ0) is 21.6. The molecule has 6 nitrogen and oxygen atoms in total. The average Bonchev–Trinajstić information content (AvgIpc) is 3.25. The molecule has 0 spiro atoms. The summed E-state index contributed by atoms with van der Waals surface area (Å²) in [5.74, 6) is 0. The van der Waals surface area contributed by atoms with Crippen molar-refractivity contribution in [1.82, 2.24) is 14.4 Å². The molecule has 2 aliphatic rings. The number of aryl methyl sites for hydroxylation is 2. The Hall–Kier alpha value is -2.60. The molecule has 4 rings (SSSR count). The molecule has 160 valence electrons. The summed E-state index contributed by atoms with van der Waals surface area (Å²) in [6.45, 7) is 10.1. The van der Waals surface area contributed by atoms with E-state index in [4.69, 9.17) is 4.74 Å². The molecule has 2 saturated heterocycles. The van der Waals surface area contributed by atoms with Crippen LogP contribution in [0.4, 0.5) is 4.79 Å². The monoisotopic (exact) mass is 409 g/mol. The molecule has 2 aliphatic heterocycles. The van der Waals surface area contributed by atoms with Crippen LogP contribution < -0.4 is 5.56 Å². The Morgan fingerprint density at radius 1 is 1.10 bits per heavy atom. The summed E-state index contributed by atoms with van der Waals surface area (Å²) >= 11 is 0. The Bertz CT molecular complexity index is 978. The number of pyridine rings is 1. The van der Waals surface area contributed by atoms with E-state index in [1.165, 1.54) is 5.56 Å². The number of rotatable bonds is 3. The maximum atomic E-state index is 12.4. The quantitative estimate of drug-likeness (QED) is 0.778. The number of benzene rings is 1. The highest BCUT2D eigenvalue weighted by molar-refractivity contribution is 5.69. The first-order chi connectivity index (χ1) is 14.1. The number of carbonyl (C=O) groups excluding carboxylic acids is 1. The number of hydrogen-bond donors (Lipinski definition) is 0. The average molecular weight is 410 g/mol. The van der Waals surface area contributed by atoms with Gasteiger partial charge in [-0.15, -0.1) is 0 Å². The number of fused-ring (bicyclic) bond motifs is 2. The van der Waals surface area contributed by atoms with Crippen molar-refractivity contribution in [2.45, 2.75) is 58.3 Å². The van der Waals surface area contributed by atoms with Gasteiger partial charge in [0, 0.05) is 50.5 Å². The summed E-state index contributed by atoms with van der Waals surface area (Å²) in [5, 5.41) is 0. The molecule has 2 atom stereocenters. The molecule has 1 aromatic heterocycles. The van der Waals surface area contributed by atoms with Crippen molar-refractivity contribution in [3.05, 3.63) is 58.0 Å². The molecule has 1 aromatic carbocycles. The van der Waals surface area contributed by atoms with Crippen molar-refractivity contribution in [3.63, 3.8) is 0 Å². The molecule has 2 aromatic rings. The van der Waals surface area contributed by atoms with Crippen LogP contribution in [0.5, 0.6) is 0 Å². The van der Waals surface area contributed by atoms with Crippen molar-refractivity contribution >= 4 is 6.09 Å². The second kappa shape index (κ2) is 7.58. The van der Waals surface area contributed by atoms with Gasteiger partial charge in [-0.05, 0) is 56.9 Å². The molecule has 3 heterocycles. The van der Waals surface area contributed by atoms with Crippen molar-refractivity contribution in [2.24, 2.45) is 7.05 Å². The third kappa shape index (κ3) is 4.15. The van der Waals surface area contributed by atoms with Crippen LogP contribution >= 0.6 is 0 Å². The zero-order valence-corrected chi connectivity index (χ0v) is 18.5. The van der Waals surface area contributed by atoms with Gasteiger partial charge in [-0.2, -0.15) is 0 Å². The van der Waals surface area contributed by atoms with E-state index >= 15 is 0 Å². The van der Waals surface area contributed by atoms with Gasteiger partial charge >= 0.3 is 6.09 Å². The van der Waals surface area contributed by atoms with Gasteiger partial charge in [0.25, 0.3) is 5.56 Å². The molecule has 2 bridgehead atoms. The lowest BCUT2D eigenvalue weighted by molar-refractivity contribution is 0.0124. The molecular weight excluding hydrogens is 378 g/mol. The van der Waals surface area contributed by atoms with Gasteiger partial charge in [0.1, 0.15) is 5.60 Å². The maximum Gasteiger partial charge on any atom is 0.410 e. The number of carbonyl (C=O) groups is 1. The molecule has 30 heavy (non-hydrogen) atoms. The molecule has 6 heteroatoms. The van der Waals surface area contributed by atoms with E-state index in [1.807, 2.05) is 44.9 Å². The van der Waals surface area contributed by atoms with Crippen LogP contribution in [0.1, 0.15) is 38.3 Å². The number of ether oxygens (including phenoxy) is 1. The predicted molar refractivity (Wildman–Crippen MR) is 117 cm³/mol. The fourth-order valence-electron chi connectivity index (χ4n) is 4.56. The van der Waals surface area contributed by atoms with Crippen LogP contribution in [-0.4, -0.2) is 51.2 Å². The van der Waals surface area contributed by atoms with Gasteiger partial charge in [0.2, 0.25) is 0 Å². The largest absolute Gasteiger partial charge is 0.444 e. The van der Waals surface area contributed by atoms with Crippen LogP contribution in [0.15, 0.2) is 41.3 Å². The second-order valence-electron chi connectivity index (χ2n) is 9.63. The topological polar surface area (TPSA) is 54.8 Å². The number of nitrogens with zero attached hydrogens (tertiary/aromatic N) is 3. The number of aromatic nitrogens is 1. The van der Waals surface area contributed by atoms with E-state index < -0.39 is 5.60 Å². The highest BCUT2D eigenvalue weighted by Gasteiger charge is 2.46. The van der Waals surface area contributed by atoms with Gasteiger partial charge in [0.05, 0.1) is 0 Å². The molecule has 0 unspecified atom stereocenters. The molecular formula is C24H31N3O3. The standard InChI is InChI=1S/C24H31N3O3/c1-16-10-19(13-25(5)22(16)28)18-8-6-17(7-9-18)12-26-14-21-11-20(26)15-27(21)23(29)30-24(2,3)4/h6-10,13,20-21H,11-12,14-15H2,1-5H3/t20-,21-/m0/s1. The summed E-state index contributed by atoms with van der Waals surface area (Å²) in [5.41, 5.74) is 3.76. The van der Waals surface area contributed by atoms with E-state index in [0.717, 1.165) is 42.7 Å². The lowest BCUT2D eigenvalue weighted by atomic mass is 10.0. The van der Waals surface area contributed by atoms with Crippen LogP contribution in [-0.2, 0) is 18.3 Å². The Labute approximate surface area is 178 Å². The Morgan fingerprint density at radius 3 is 2.37 bits per heavy atom. The minimum atomic E-state index is -0.454. The van der Waals surface area contributed by atoms with E-state index in [-0.39, 0.29) is 17.7 Å². The minimum Gasteiger partial charge on any atom is -0.444 e. The van der Waals surface area contributed by atoms with E-state index in [2.05, 4.69) is 29.2 Å². The first-order valence-electron chi connectivity index (χ1n) is 10.6. The first kappa shape index (κ1) is 20.7. The Balaban J connectivity index is 1.39. The smallest absolute Gasteiger partial charge is 0.410 e. The van der Waals surface area contributed by atoms with Crippen molar-refractivity contribution in [2.75, 3.05) is 13.1 Å². The summed E-state index contributed by atoms with van der Waals surface area (Å²) in [6.07, 6.45) is 2.72. The second-order valence-corrected chi connectivity index (χ2v) is 9.63. The summed E-state index contributed by atoms with van der Waals surface area (Å²) in [6, 6.07) is 11.2. The van der Waals surface area contributed by atoms with Gasteiger partial charge in [-0.1, -0.05) is 24.3 Å². The van der Waals surface area contributed by atoms with Crippen molar-refractivity contribution in [1.29, 1.82) is 0 Å². The van der Waals surface area contributed by atoms with Crippen LogP contribution in [0.25, 0.3) is 11.1 Å². The fourth-order valence-corrected chi connectivity index (χ4v) is 4.56. The van der Waals surface area contributed by atoms with E-state index in [1.54, 1.807) is 11.6 Å². The summed E-state index contributed by atoms with van der Waals surface area (Å²) in [4.78, 5) is 28.7. The molecule has 0 radical (unpaired) electrons. The minimum absolute atomic E-state index is 0.0416. The molecule has 2 fully saturated rings. The summed E-state index contributed by atoms with van der Waals surface area (Å²) in [7, 11) is 1.79. The molecule has 0 saturated carbocycles. The molecule has 0 aliphatic carbocycles. The van der Waals surface area contributed by atoms with Crippen LogP contribution in [0.2, 0.25) is 0 Å². The first-order valence-corrected chi connectivity index (χ1v) is 10.6. The Morgan fingerprint density at radius 2 is 1.80 bits per heavy atom. The number of likely N-dealkylation sites (tertiary alicyclic amines) is 2. The highest BCUT2D eigenvalue weighted by Crippen LogP contribution is 2.33. The van der Waals surface area contributed by atoms with E-state index in [0.29, 0.717) is 6.04 Å². The van der Waals surface area contributed by atoms with Crippen molar-refractivity contribution < 1.29 is 9.53 Å². The fraction of sp³-hybridized carbons (Fsp3) is 0.500. The van der Waals surface area contributed by atoms with E-state index in [9.17, 15) is 9.59 Å². The normalized spacial score (nSPS) is 21.3. The van der Waals surface area contributed by atoms with Gasteiger partial charge in [-0.3, -0.25) is 9.69 Å². The van der Waals surface area contributed by atoms with Crippen LogP contribution in [0.3, 0.4) is 0 Å². The lowest BCUT2D eigenvalue weighted by Gasteiger charge is -2.35. The Kier molecular flexibility index (Phi) is 5.22. The number of hydrogen-bond acceptors (Lipinski definition) is 4. The van der Waals surface area contributed by atoms with Gasteiger partial charge in [-0.25, -0.2) is 4.79 Å². The van der Waals surface area contributed by atoms with Gasteiger partial charge in [0.15, 0.2) is 0 Å². The summed E-state index contributed by atoms with van der Waals surface area (Å²) < 4.78 is 7.19. The third-order valence-corrected chi connectivity index (χ3v) is 6.02. The number of amides is 1. The zero-order valence-electron chi connectivity index (χ0n) is 18.5. The van der Waals surface area contributed by atoms with Crippen LogP contribution in [0, 0.1) is 6.92 Å². The molecule has 1 amide bonds. The predicted octanol–water partition coefficient (Wildman–Crippen LogP) is 3.55. The highest BCUT2D eigenvalue weighted by atomic mass is 16.6. The van der Waals surface area contributed by atoms with Crippen molar-refractivity contribution in [3.8, 4) is 11.1 Å². The molecule has 0 N–H and O–H groups in total. The lowest BCUT2D eigenvalue weighted by Crippen LogP contribution is -2.49.